The Labute approximate surface area is 201 Å². The normalized spacial score (nSPS) is 21.9. The van der Waals surface area contributed by atoms with E-state index in [1.807, 2.05) is 20.8 Å². The molecule has 2 amide bonds. The van der Waals surface area contributed by atoms with Gasteiger partial charge in [-0.2, -0.15) is 0 Å². The average molecular weight is 473 g/mol. The fourth-order valence-corrected chi connectivity index (χ4v) is 6.17. The van der Waals surface area contributed by atoms with Crippen LogP contribution in [0.1, 0.15) is 87.2 Å². The van der Waals surface area contributed by atoms with Crippen LogP contribution < -0.4 is 4.90 Å². The van der Waals surface area contributed by atoms with E-state index in [0.717, 1.165) is 56.3 Å². The molecule has 2 fully saturated rings. The molecule has 1 heterocycles. The van der Waals surface area contributed by atoms with Crippen molar-refractivity contribution in [1.29, 1.82) is 0 Å². The van der Waals surface area contributed by atoms with Crippen molar-refractivity contribution in [2.75, 3.05) is 19.0 Å². The molecule has 0 spiro atoms. The van der Waals surface area contributed by atoms with Gasteiger partial charge in [-0.25, -0.2) is 4.79 Å². The number of anilines is 1. The minimum atomic E-state index is -1.04. The van der Waals surface area contributed by atoms with Crippen molar-refractivity contribution in [3.05, 3.63) is 15.8 Å². The summed E-state index contributed by atoms with van der Waals surface area (Å²) in [5.41, 5.74) is -0.201. The molecule has 2 saturated carbocycles. The molecule has 3 rings (SSSR count). The maximum atomic E-state index is 13.1. The standard InChI is InChI=1S/C26H36N2O4S/c1-17(29)28(21-16-20(10-13-25(2,3)4)33-22(21)24(31)32)26(11-8-7-9-12-26)19-14-18(15-19)23(30)27(5)6/h16,18-19H,7-9,11-12,14-15H2,1-6H3,(H,31,32). The van der Waals surface area contributed by atoms with E-state index in [-0.39, 0.29) is 33.9 Å². The average Bonchev–Trinajstić information content (AvgIpc) is 3.09. The number of aromatic carboxylic acids is 1. The number of hydrogen-bond acceptors (Lipinski definition) is 4. The monoisotopic (exact) mass is 472 g/mol. The summed E-state index contributed by atoms with van der Waals surface area (Å²) in [6.45, 7) is 7.55. The molecule has 180 valence electrons. The van der Waals surface area contributed by atoms with Gasteiger partial charge in [-0.05, 0) is 58.4 Å². The molecule has 0 aromatic carbocycles. The van der Waals surface area contributed by atoms with E-state index in [4.69, 9.17) is 0 Å². The molecule has 1 aromatic heterocycles. The van der Waals surface area contributed by atoms with Crippen LogP contribution >= 0.6 is 11.3 Å². The topological polar surface area (TPSA) is 77.9 Å². The van der Waals surface area contributed by atoms with Crippen molar-refractivity contribution < 1.29 is 19.5 Å². The Morgan fingerprint density at radius 3 is 2.21 bits per heavy atom. The SMILES string of the molecule is CC(=O)N(c1cc(C#CC(C)(C)C)sc1C(=O)O)C1(C2CC(C(=O)N(C)C)C2)CCCCC1. The van der Waals surface area contributed by atoms with Crippen LogP contribution in [0.2, 0.25) is 0 Å². The summed E-state index contributed by atoms with van der Waals surface area (Å²) in [4.78, 5) is 42.1. The number of carbonyl (C=O) groups is 3. The van der Waals surface area contributed by atoms with Crippen LogP contribution in [0.3, 0.4) is 0 Å². The summed E-state index contributed by atoms with van der Waals surface area (Å²) < 4.78 is 0. The van der Waals surface area contributed by atoms with E-state index in [1.165, 1.54) is 6.92 Å². The van der Waals surface area contributed by atoms with Gasteiger partial charge >= 0.3 is 5.97 Å². The second kappa shape index (κ2) is 9.50. The lowest BCUT2D eigenvalue weighted by atomic mass is 9.59. The molecular weight excluding hydrogens is 436 g/mol. The van der Waals surface area contributed by atoms with Crippen LogP contribution in [-0.2, 0) is 9.59 Å². The molecule has 0 aliphatic heterocycles. The highest BCUT2D eigenvalue weighted by Crippen LogP contribution is 2.53. The molecule has 0 bridgehead atoms. The Hall–Kier alpha value is -2.33. The number of nitrogens with zero attached hydrogens (tertiary/aromatic N) is 2. The Morgan fingerprint density at radius 1 is 1.12 bits per heavy atom. The lowest BCUT2D eigenvalue weighted by Crippen LogP contribution is -2.61. The zero-order chi connectivity index (χ0) is 24.6. The summed E-state index contributed by atoms with van der Waals surface area (Å²) in [7, 11) is 3.55. The first-order valence-corrected chi connectivity index (χ1v) is 12.6. The highest BCUT2D eigenvalue weighted by atomic mass is 32.1. The number of amides is 2. The minimum Gasteiger partial charge on any atom is -0.477 e. The fraction of sp³-hybridized carbons (Fsp3) is 0.654. The van der Waals surface area contributed by atoms with Gasteiger partial charge in [0.1, 0.15) is 4.88 Å². The van der Waals surface area contributed by atoms with Crippen LogP contribution in [0, 0.1) is 29.1 Å². The third kappa shape index (κ3) is 5.27. The lowest BCUT2D eigenvalue weighted by molar-refractivity contribution is -0.139. The van der Waals surface area contributed by atoms with Gasteiger partial charge in [0, 0.05) is 32.4 Å². The molecule has 7 heteroatoms. The quantitative estimate of drug-likeness (QED) is 0.611. The van der Waals surface area contributed by atoms with Crippen molar-refractivity contribution in [1.82, 2.24) is 4.90 Å². The number of carboxylic acid groups (broad SMARTS) is 1. The van der Waals surface area contributed by atoms with E-state index in [2.05, 4.69) is 11.8 Å². The zero-order valence-electron chi connectivity index (χ0n) is 20.7. The predicted octanol–water partition coefficient (Wildman–Crippen LogP) is 5.01. The Bertz CT molecular complexity index is 980. The molecule has 1 N–H and O–H groups in total. The number of carbonyl (C=O) groups excluding carboxylic acids is 2. The molecule has 1 aromatic rings. The van der Waals surface area contributed by atoms with Crippen LogP contribution in [0.15, 0.2) is 6.07 Å². The summed E-state index contributed by atoms with van der Waals surface area (Å²) >= 11 is 1.14. The first kappa shape index (κ1) is 25.3. The van der Waals surface area contributed by atoms with Gasteiger partial charge in [0.2, 0.25) is 11.8 Å². The predicted molar refractivity (Wildman–Crippen MR) is 131 cm³/mol. The second-order valence-electron chi connectivity index (χ2n) is 10.7. The maximum absolute atomic E-state index is 13.1. The van der Waals surface area contributed by atoms with E-state index >= 15 is 0 Å². The zero-order valence-corrected chi connectivity index (χ0v) is 21.5. The summed E-state index contributed by atoms with van der Waals surface area (Å²) in [5.74, 6) is 5.40. The molecule has 33 heavy (non-hydrogen) atoms. The molecule has 0 saturated heterocycles. The number of hydrogen-bond donors (Lipinski definition) is 1. The first-order chi connectivity index (χ1) is 15.4. The van der Waals surface area contributed by atoms with E-state index < -0.39 is 11.5 Å². The highest BCUT2D eigenvalue weighted by molar-refractivity contribution is 7.15. The third-order valence-electron chi connectivity index (χ3n) is 6.88. The number of thiophene rings is 1. The largest absolute Gasteiger partial charge is 0.477 e. The first-order valence-electron chi connectivity index (χ1n) is 11.8. The summed E-state index contributed by atoms with van der Waals surface area (Å²) in [6, 6.07) is 1.78. The molecular formula is C26H36N2O4S. The van der Waals surface area contributed by atoms with Crippen LogP contribution in [0.25, 0.3) is 0 Å². The van der Waals surface area contributed by atoms with Gasteiger partial charge in [0.25, 0.3) is 0 Å². The smallest absolute Gasteiger partial charge is 0.348 e. The molecule has 0 atom stereocenters. The second-order valence-corrected chi connectivity index (χ2v) is 11.8. The Balaban J connectivity index is 2.04. The van der Waals surface area contributed by atoms with Crippen LogP contribution in [0.4, 0.5) is 5.69 Å². The summed E-state index contributed by atoms with van der Waals surface area (Å²) in [6.07, 6.45) is 6.24. The number of rotatable bonds is 5. The molecule has 6 nitrogen and oxygen atoms in total. The van der Waals surface area contributed by atoms with Crippen molar-refractivity contribution in [2.24, 2.45) is 17.3 Å². The molecule has 0 radical (unpaired) electrons. The third-order valence-corrected chi connectivity index (χ3v) is 7.90. The van der Waals surface area contributed by atoms with Crippen LogP contribution in [0.5, 0.6) is 0 Å². The van der Waals surface area contributed by atoms with E-state index in [1.54, 1.807) is 30.0 Å². The fourth-order valence-electron chi connectivity index (χ4n) is 5.34. The lowest BCUT2D eigenvalue weighted by Gasteiger charge is -2.55. The van der Waals surface area contributed by atoms with Gasteiger partial charge in [-0.1, -0.05) is 31.1 Å². The van der Waals surface area contributed by atoms with Crippen molar-refractivity contribution in [3.8, 4) is 11.8 Å². The van der Waals surface area contributed by atoms with Gasteiger partial charge in [0.05, 0.1) is 16.1 Å². The van der Waals surface area contributed by atoms with Crippen LogP contribution in [-0.4, -0.2) is 47.4 Å². The highest BCUT2D eigenvalue weighted by Gasteiger charge is 2.53. The van der Waals surface area contributed by atoms with Gasteiger partial charge in [0.15, 0.2) is 0 Å². The van der Waals surface area contributed by atoms with Crippen molar-refractivity contribution in [3.63, 3.8) is 0 Å². The summed E-state index contributed by atoms with van der Waals surface area (Å²) in [5, 5.41) is 9.98. The van der Waals surface area contributed by atoms with Crippen molar-refractivity contribution in [2.45, 2.75) is 78.2 Å². The van der Waals surface area contributed by atoms with E-state index in [0.29, 0.717) is 10.6 Å². The van der Waals surface area contributed by atoms with Gasteiger partial charge < -0.3 is 14.9 Å². The maximum Gasteiger partial charge on any atom is 0.348 e. The van der Waals surface area contributed by atoms with Crippen molar-refractivity contribution >= 4 is 34.8 Å². The molecule has 2 aliphatic rings. The Morgan fingerprint density at radius 2 is 1.73 bits per heavy atom. The molecule has 2 aliphatic carbocycles. The van der Waals surface area contributed by atoms with Gasteiger partial charge in [-0.15, -0.1) is 11.3 Å². The van der Waals surface area contributed by atoms with E-state index in [9.17, 15) is 19.5 Å². The Kier molecular flexibility index (Phi) is 7.28. The number of carboxylic acids is 1. The molecule has 0 unspecified atom stereocenters. The van der Waals surface area contributed by atoms with Gasteiger partial charge in [-0.3, -0.25) is 9.59 Å². The minimum absolute atomic E-state index is 0.0211.